The van der Waals surface area contributed by atoms with Crippen LogP contribution in [-0.2, 0) is 4.79 Å². The number of carbonyl (C=O) groups is 1. The van der Waals surface area contributed by atoms with Crippen molar-refractivity contribution in [3.8, 4) is 0 Å². The van der Waals surface area contributed by atoms with E-state index in [0.717, 1.165) is 19.5 Å². The molecule has 0 saturated carbocycles. The third-order valence-corrected chi connectivity index (χ3v) is 4.38. The van der Waals surface area contributed by atoms with Gasteiger partial charge in [-0.3, -0.25) is 9.69 Å². The van der Waals surface area contributed by atoms with Crippen LogP contribution in [0.25, 0.3) is 0 Å². The Bertz CT molecular complexity index is 274. The van der Waals surface area contributed by atoms with Gasteiger partial charge in [-0.15, -0.1) is 0 Å². The van der Waals surface area contributed by atoms with Crippen molar-refractivity contribution in [3.63, 3.8) is 0 Å². The molecule has 0 aromatic heterocycles. The highest BCUT2D eigenvalue weighted by Crippen LogP contribution is 2.23. The van der Waals surface area contributed by atoms with Crippen molar-refractivity contribution in [1.82, 2.24) is 15.1 Å². The van der Waals surface area contributed by atoms with E-state index in [2.05, 4.69) is 22.2 Å². The molecule has 0 unspecified atom stereocenters. The lowest BCUT2D eigenvalue weighted by Crippen LogP contribution is -2.50. The van der Waals surface area contributed by atoms with Gasteiger partial charge >= 0.3 is 0 Å². The van der Waals surface area contributed by atoms with Crippen molar-refractivity contribution in [2.75, 3.05) is 39.8 Å². The predicted molar refractivity (Wildman–Crippen MR) is 73.5 cm³/mol. The highest BCUT2D eigenvalue weighted by Gasteiger charge is 2.30. The van der Waals surface area contributed by atoms with E-state index >= 15 is 0 Å². The first kappa shape index (κ1) is 13.8. The summed E-state index contributed by atoms with van der Waals surface area (Å²) in [6.45, 7) is 7.31. The number of piperidine rings is 2. The minimum absolute atomic E-state index is 0.221. The molecular weight excluding hydrogens is 226 g/mol. The van der Waals surface area contributed by atoms with Crippen molar-refractivity contribution in [2.45, 2.75) is 38.6 Å². The Kier molecular flexibility index (Phi) is 5.01. The molecule has 2 saturated heterocycles. The standard InChI is InChI=1S/C14H27N3O/c1-3-15-14(18)12-5-4-8-17(11-12)13-6-9-16(2)10-7-13/h12-13H,3-11H2,1-2H3,(H,15,18)/t12-/m0/s1. The molecule has 0 radical (unpaired) electrons. The number of carbonyl (C=O) groups excluding carboxylic acids is 1. The van der Waals surface area contributed by atoms with E-state index in [4.69, 9.17) is 0 Å². The van der Waals surface area contributed by atoms with E-state index in [9.17, 15) is 4.79 Å². The number of rotatable bonds is 3. The summed E-state index contributed by atoms with van der Waals surface area (Å²) in [6.07, 6.45) is 4.76. The average Bonchev–Trinajstić information content (AvgIpc) is 2.40. The molecule has 2 fully saturated rings. The second-order valence-electron chi connectivity index (χ2n) is 5.76. The lowest BCUT2D eigenvalue weighted by molar-refractivity contribution is -0.127. The molecule has 104 valence electrons. The van der Waals surface area contributed by atoms with Gasteiger partial charge in [0.05, 0.1) is 5.92 Å². The lowest BCUT2D eigenvalue weighted by atomic mass is 9.93. The van der Waals surface area contributed by atoms with E-state index in [1.54, 1.807) is 0 Å². The molecule has 0 spiro atoms. The van der Waals surface area contributed by atoms with Crippen molar-refractivity contribution in [2.24, 2.45) is 5.92 Å². The van der Waals surface area contributed by atoms with Crippen molar-refractivity contribution >= 4 is 5.91 Å². The number of likely N-dealkylation sites (tertiary alicyclic amines) is 2. The minimum Gasteiger partial charge on any atom is -0.356 e. The zero-order valence-corrected chi connectivity index (χ0v) is 11.8. The molecule has 1 N–H and O–H groups in total. The van der Waals surface area contributed by atoms with Crippen LogP contribution in [0.4, 0.5) is 0 Å². The Balaban J connectivity index is 1.84. The van der Waals surface area contributed by atoms with Gasteiger partial charge in [-0.1, -0.05) is 0 Å². The monoisotopic (exact) mass is 253 g/mol. The Labute approximate surface area is 111 Å². The first-order valence-corrected chi connectivity index (χ1v) is 7.41. The first-order chi connectivity index (χ1) is 8.70. The molecule has 1 amide bonds. The van der Waals surface area contributed by atoms with E-state index in [-0.39, 0.29) is 11.8 Å². The van der Waals surface area contributed by atoms with Gasteiger partial charge in [0.1, 0.15) is 0 Å². The van der Waals surface area contributed by atoms with Crippen molar-refractivity contribution in [3.05, 3.63) is 0 Å². The molecule has 4 heteroatoms. The van der Waals surface area contributed by atoms with Crippen molar-refractivity contribution in [1.29, 1.82) is 0 Å². The summed E-state index contributed by atoms with van der Waals surface area (Å²) >= 11 is 0. The second kappa shape index (κ2) is 6.53. The number of hydrogen-bond donors (Lipinski definition) is 1. The topological polar surface area (TPSA) is 35.6 Å². The van der Waals surface area contributed by atoms with Gasteiger partial charge < -0.3 is 10.2 Å². The van der Waals surface area contributed by atoms with Gasteiger partial charge in [-0.2, -0.15) is 0 Å². The molecular formula is C14H27N3O. The third-order valence-electron chi connectivity index (χ3n) is 4.38. The highest BCUT2D eigenvalue weighted by molar-refractivity contribution is 5.78. The van der Waals surface area contributed by atoms with Gasteiger partial charge in [0.2, 0.25) is 5.91 Å². The molecule has 2 aliphatic rings. The summed E-state index contributed by atoms with van der Waals surface area (Å²) in [4.78, 5) is 16.9. The average molecular weight is 253 g/mol. The number of nitrogens with one attached hydrogen (secondary N) is 1. The van der Waals surface area contributed by atoms with Crippen LogP contribution in [0.1, 0.15) is 32.6 Å². The summed E-state index contributed by atoms with van der Waals surface area (Å²) in [5.74, 6) is 0.480. The normalized spacial score (nSPS) is 28.2. The Hall–Kier alpha value is -0.610. The number of hydrogen-bond acceptors (Lipinski definition) is 3. The molecule has 0 aromatic rings. The van der Waals surface area contributed by atoms with Crippen LogP contribution in [-0.4, -0.2) is 61.5 Å². The van der Waals surface area contributed by atoms with Crippen LogP contribution in [0.3, 0.4) is 0 Å². The minimum atomic E-state index is 0.221. The zero-order valence-electron chi connectivity index (χ0n) is 11.8. The summed E-state index contributed by atoms with van der Waals surface area (Å²) in [7, 11) is 2.20. The van der Waals surface area contributed by atoms with Crippen LogP contribution in [0.2, 0.25) is 0 Å². The van der Waals surface area contributed by atoms with E-state index in [1.807, 2.05) is 6.92 Å². The van der Waals surface area contributed by atoms with Gasteiger partial charge in [-0.25, -0.2) is 0 Å². The summed E-state index contributed by atoms with van der Waals surface area (Å²) in [5, 5.41) is 2.97. The van der Waals surface area contributed by atoms with Crippen molar-refractivity contribution < 1.29 is 4.79 Å². The van der Waals surface area contributed by atoms with Crippen LogP contribution >= 0.6 is 0 Å². The number of amides is 1. The molecule has 2 heterocycles. The maximum Gasteiger partial charge on any atom is 0.224 e. The fraction of sp³-hybridized carbons (Fsp3) is 0.929. The smallest absolute Gasteiger partial charge is 0.224 e. The van der Waals surface area contributed by atoms with Crippen LogP contribution in [0.5, 0.6) is 0 Å². The molecule has 0 aliphatic carbocycles. The quantitative estimate of drug-likeness (QED) is 0.813. The first-order valence-electron chi connectivity index (χ1n) is 7.41. The van der Waals surface area contributed by atoms with Gasteiger partial charge in [0.25, 0.3) is 0 Å². The third kappa shape index (κ3) is 3.45. The zero-order chi connectivity index (χ0) is 13.0. The Morgan fingerprint density at radius 1 is 1.22 bits per heavy atom. The molecule has 4 nitrogen and oxygen atoms in total. The molecule has 1 atom stereocenters. The van der Waals surface area contributed by atoms with E-state index in [0.29, 0.717) is 6.04 Å². The molecule has 18 heavy (non-hydrogen) atoms. The van der Waals surface area contributed by atoms with Crippen LogP contribution < -0.4 is 5.32 Å². The molecule has 0 bridgehead atoms. The summed E-state index contributed by atoms with van der Waals surface area (Å²) in [5.41, 5.74) is 0. The van der Waals surface area contributed by atoms with Crippen LogP contribution in [0.15, 0.2) is 0 Å². The molecule has 2 aliphatic heterocycles. The van der Waals surface area contributed by atoms with Gasteiger partial charge in [-0.05, 0) is 59.3 Å². The second-order valence-corrected chi connectivity index (χ2v) is 5.76. The summed E-state index contributed by atoms with van der Waals surface area (Å²) < 4.78 is 0. The van der Waals surface area contributed by atoms with Gasteiger partial charge in [0.15, 0.2) is 0 Å². The highest BCUT2D eigenvalue weighted by atomic mass is 16.1. The fourth-order valence-electron chi connectivity index (χ4n) is 3.23. The maximum atomic E-state index is 11.9. The summed E-state index contributed by atoms with van der Waals surface area (Å²) in [6, 6.07) is 0.707. The fourth-order valence-corrected chi connectivity index (χ4v) is 3.23. The number of nitrogens with zero attached hydrogens (tertiary/aromatic N) is 2. The molecule has 2 rings (SSSR count). The SMILES string of the molecule is CCNC(=O)[C@H]1CCCN(C2CCN(C)CC2)C1. The lowest BCUT2D eigenvalue weighted by Gasteiger charge is -2.41. The maximum absolute atomic E-state index is 11.9. The predicted octanol–water partition coefficient (Wildman–Crippen LogP) is 0.929. The Morgan fingerprint density at radius 3 is 2.61 bits per heavy atom. The van der Waals surface area contributed by atoms with E-state index in [1.165, 1.54) is 38.9 Å². The van der Waals surface area contributed by atoms with Crippen LogP contribution in [0, 0.1) is 5.92 Å². The van der Waals surface area contributed by atoms with Gasteiger partial charge in [0, 0.05) is 19.1 Å². The largest absolute Gasteiger partial charge is 0.356 e. The van der Waals surface area contributed by atoms with E-state index < -0.39 is 0 Å². The Morgan fingerprint density at radius 2 is 1.94 bits per heavy atom. The molecule has 0 aromatic carbocycles.